The van der Waals surface area contributed by atoms with Crippen molar-refractivity contribution in [2.24, 2.45) is 0 Å². The normalized spacial score (nSPS) is 18.2. The van der Waals surface area contributed by atoms with Crippen molar-refractivity contribution in [1.29, 1.82) is 0 Å². The minimum Gasteiger partial charge on any atom is -0.335 e. The molecule has 0 aliphatic carbocycles. The van der Waals surface area contributed by atoms with Crippen LogP contribution in [-0.2, 0) is 14.6 Å². The molecule has 160 valence electrons. The molecule has 6 heteroatoms. The number of benzene rings is 2. The molecule has 0 aromatic heterocycles. The fourth-order valence-electron chi connectivity index (χ4n) is 3.77. The predicted octanol–water partition coefficient (Wildman–Crippen LogP) is 3.33. The first-order valence-corrected chi connectivity index (χ1v) is 12.2. The van der Waals surface area contributed by atoms with Gasteiger partial charge in [-0.3, -0.25) is 4.79 Å². The van der Waals surface area contributed by atoms with Crippen LogP contribution in [0.25, 0.3) is 17.2 Å². The molecule has 0 saturated carbocycles. The highest BCUT2D eigenvalue weighted by Gasteiger charge is 2.33. The summed E-state index contributed by atoms with van der Waals surface area (Å²) in [5.74, 6) is 0.108. The van der Waals surface area contributed by atoms with Crippen LogP contribution in [0.1, 0.15) is 18.4 Å². The molecular weight excluding hydrogens is 396 g/mol. The molecule has 1 heterocycles. The van der Waals surface area contributed by atoms with E-state index < -0.39 is 9.84 Å². The first kappa shape index (κ1) is 22.2. The van der Waals surface area contributed by atoms with Crippen LogP contribution < -0.4 is 0 Å². The van der Waals surface area contributed by atoms with Crippen molar-refractivity contribution < 1.29 is 13.2 Å². The van der Waals surface area contributed by atoms with Gasteiger partial charge in [0.2, 0.25) is 5.91 Å². The smallest absolute Gasteiger partial charge is 0.246 e. The summed E-state index contributed by atoms with van der Waals surface area (Å²) in [6.07, 6.45) is 4.72. The van der Waals surface area contributed by atoms with Gasteiger partial charge in [-0.15, -0.1) is 0 Å². The summed E-state index contributed by atoms with van der Waals surface area (Å²) in [7, 11) is 0.937. The van der Waals surface area contributed by atoms with E-state index in [2.05, 4.69) is 23.1 Å². The predicted molar refractivity (Wildman–Crippen MR) is 123 cm³/mol. The monoisotopic (exact) mass is 426 g/mol. The van der Waals surface area contributed by atoms with Crippen molar-refractivity contribution >= 4 is 21.8 Å². The molecule has 1 amide bonds. The Balaban J connectivity index is 1.73. The Hall–Kier alpha value is -2.44. The summed E-state index contributed by atoms with van der Waals surface area (Å²) in [5, 5.41) is 0. The summed E-state index contributed by atoms with van der Waals surface area (Å²) >= 11 is 0. The summed E-state index contributed by atoms with van der Waals surface area (Å²) in [6.45, 7) is 1.41. The van der Waals surface area contributed by atoms with E-state index in [1.54, 1.807) is 11.0 Å². The zero-order valence-electron chi connectivity index (χ0n) is 17.7. The lowest BCUT2D eigenvalue weighted by atomic mass is 10.0. The highest BCUT2D eigenvalue weighted by atomic mass is 32.2. The maximum absolute atomic E-state index is 13.0. The Kier molecular flexibility index (Phi) is 7.45. The van der Waals surface area contributed by atoms with Gasteiger partial charge < -0.3 is 9.80 Å². The van der Waals surface area contributed by atoms with E-state index in [1.807, 2.05) is 56.6 Å². The largest absolute Gasteiger partial charge is 0.335 e. The topological polar surface area (TPSA) is 57.7 Å². The summed E-state index contributed by atoms with van der Waals surface area (Å²) in [4.78, 5) is 16.8. The van der Waals surface area contributed by atoms with Gasteiger partial charge in [0.1, 0.15) is 0 Å². The lowest BCUT2D eigenvalue weighted by molar-refractivity contribution is -0.127. The van der Waals surface area contributed by atoms with E-state index in [4.69, 9.17) is 0 Å². The maximum Gasteiger partial charge on any atom is 0.246 e. The molecule has 3 rings (SSSR count). The molecule has 1 atom stereocenters. The lowest BCUT2D eigenvalue weighted by Gasteiger charge is -2.27. The van der Waals surface area contributed by atoms with Gasteiger partial charge in [-0.1, -0.05) is 48.5 Å². The average Bonchev–Trinajstić information content (AvgIpc) is 3.09. The SMILES string of the molecule is CN(C)CCCN(C(=O)/C=C/c1cccc(-c2ccccc2)c1)C1CCS(=O)(=O)C1. The molecule has 1 unspecified atom stereocenters. The third-order valence-corrected chi connectivity index (χ3v) is 7.10. The highest BCUT2D eigenvalue weighted by molar-refractivity contribution is 7.91. The molecule has 5 nitrogen and oxygen atoms in total. The first-order valence-electron chi connectivity index (χ1n) is 10.3. The average molecular weight is 427 g/mol. The number of sulfone groups is 1. The van der Waals surface area contributed by atoms with Crippen LogP contribution in [0.2, 0.25) is 0 Å². The molecular formula is C24H30N2O3S. The fraction of sp³-hybridized carbons (Fsp3) is 0.375. The van der Waals surface area contributed by atoms with Crippen molar-refractivity contribution in [3.05, 3.63) is 66.2 Å². The van der Waals surface area contributed by atoms with Gasteiger partial charge in [0.05, 0.1) is 11.5 Å². The zero-order valence-corrected chi connectivity index (χ0v) is 18.5. The van der Waals surface area contributed by atoms with Gasteiger partial charge in [0.15, 0.2) is 9.84 Å². The van der Waals surface area contributed by atoms with Gasteiger partial charge in [0.25, 0.3) is 0 Å². The van der Waals surface area contributed by atoms with Crippen LogP contribution in [0.5, 0.6) is 0 Å². The van der Waals surface area contributed by atoms with Gasteiger partial charge >= 0.3 is 0 Å². The standard InChI is InChI=1S/C24H30N2O3S/c1-25(2)15-7-16-26(23-14-17-30(28,29)19-23)24(27)13-12-20-8-6-11-22(18-20)21-9-4-3-5-10-21/h3-6,8-13,18,23H,7,14-17,19H2,1-2H3/b13-12+. The van der Waals surface area contributed by atoms with Gasteiger partial charge in [-0.25, -0.2) is 8.42 Å². The molecule has 0 N–H and O–H groups in total. The molecule has 2 aromatic carbocycles. The second kappa shape index (κ2) is 10.0. The molecule has 0 spiro atoms. The minimum absolute atomic E-state index is 0.0675. The van der Waals surface area contributed by atoms with E-state index in [-0.39, 0.29) is 23.5 Å². The van der Waals surface area contributed by atoms with Crippen LogP contribution in [-0.4, -0.2) is 68.9 Å². The lowest BCUT2D eigenvalue weighted by Crippen LogP contribution is -2.41. The van der Waals surface area contributed by atoms with Crippen molar-refractivity contribution in [2.75, 3.05) is 38.7 Å². The number of carbonyl (C=O) groups excluding carboxylic acids is 1. The van der Waals surface area contributed by atoms with Crippen LogP contribution in [0.3, 0.4) is 0 Å². The van der Waals surface area contributed by atoms with Crippen molar-refractivity contribution in [3.63, 3.8) is 0 Å². The van der Waals surface area contributed by atoms with Crippen molar-refractivity contribution in [1.82, 2.24) is 9.80 Å². The third kappa shape index (κ3) is 6.28. The van der Waals surface area contributed by atoms with Gasteiger partial charge in [-0.05, 0) is 62.3 Å². The van der Waals surface area contributed by atoms with Crippen LogP contribution >= 0.6 is 0 Å². The minimum atomic E-state index is -3.05. The molecule has 1 aliphatic rings. The van der Waals surface area contributed by atoms with Gasteiger partial charge in [-0.2, -0.15) is 0 Å². The second-order valence-corrected chi connectivity index (χ2v) is 10.3. The summed E-state index contributed by atoms with van der Waals surface area (Å²) < 4.78 is 23.9. The number of rotatable bonds is 8. The van der Waals surface area contributed by atoms with Crippen LogP contribution in [0.4, 0.5) is 0 Å². The maximum atomic E-state index is 13.0. The van der Waals surface area contributed by atoms with Crippen molar-refractivity contribution in [2.45, 2.75) is 18.9 Å². The Morgan fingerprint density at radius 1 is 1.03 bits per heavy atom. The van der Waals surface area contributed by atoms with E-state index >= 15 is 0 Å². The van der Waals surface area contributed by atoms with E-state index in [1.165, 1.54) is 0 Å². The Bertz CT molecular complexity index is 985. The van der Waals surface area contributed by atoms with Crippen LogP contribution in [0, 0.1) is 0 Å². The molecule has 1 fully saturated rings. The third-order valence-electron chi connectivity index (χ3n) is 5.35. The van der Waals surface area contributed by atoms with Crippen molar-refractivity contribution in [3.8, 4) is 11.1 Å². The van der Waals surface area contributed by atoms with Gasteiger partial charge in [0, 0.05) is 18.7 Å². The molecule has 0 radical (unpaired) electrons. The number of nitrogens with zero attached hydrogens (tertiary/aromatic N) is 2. The zero-order chi connectivity index (χ0) is 21.6. The quantitative estimate of drug-likeness (QED) is 0.608. The number of hydrogen-bond donors (Lipinski definition) is 0. The summed E-state index contributed by atoms with van der Waals surface area (Å²) in [5.41, 5.74) is 3.16. The van der Waals surface area contributed by atoms with E-state index in [0.717, 1.165) is 29.7 Å². The fourth-order valence-corrected chi connectivity index (χ4v) is 5.50. The Morgan fingerprint density at radius 3 is 2.43 bits per heavy atom. The molecule has 1 saturated heterocycles. The summed E-state index contributed by atoms with van der Waals surface area (Å²) in [6, 6.07) is 17.9. The molecule has 0 bridgehead atoms. The second-order valence-electron chi connectivity index (χ2n) is 8.07. The highest BCUT2D eigenvalue weighted by Crippen LogP contribution is 2.22. The molecule has 2 aromatic rings. The number of hydrogen-bond acceptors (Lipinski definition) is 4. The Labute approximate surface area is 179 Å². The Morgan fingerprint density at radius 2 is 1.77 bits per heavy atom. The molecule has 1 aliphatic heterocycles. The molecule has 30 heavy (non-hydrogen) atoms. The van der Waals surface area contributed by atoms with E-state index in [9.17, 15) is 13.2 Å². The van der Waals surface area contributed by atoms with Crippen LogP contribution in [0.15, 0.2) is 60.7 Å². The number of amides is 1. The van der Waals surface area contributed by atoms with E-state index in [0.29, 0.717) is 13.0 Å². The number of carbonyl (C=O) groups is 1. The first-order chi connectivity index (χ1) is 14.3.